The Morgan fingerprint density at radius 2 is 1.70 bits per heavy atom. The molecule has 2 aromatic carbocycles. The Morgan fingerprint density at radius 3 is 2.33 bits per heavy atom. The molecule has 2 heterocycles. The van der Waals surface area contributed by atoms with E-state index in [1.165, 1.54) is 4.90 Å². The van der Waals surface area contributed by atoms with Crippen LogP contribution in [0.15, 0.2) is 48.5 Å². The van der Waals surface area contributed by atoms with Crippen LogP contribution >= 0.6 is 11.6 Å². The fourth-order valence-corrected chi connectivity index (χ4v) is 4.61. The van der Waals surface area contributed by atoms with Gasteiger partial charge in [0, 0.05) is 19.0 Å². The number of hydrogen-bond donors (Lipinski definition) is 1. The average Bonchev–Trinajstić information content (AvgIpc) is 3.27. The SMILES string of the molecule is O=C(O)c1nc(Cl)n2c1CN(C(=O)OCC1c3ccccc3-c3ccccc31)CC2. The lowest BCUT2D eigenvalue weighted by atomic mass is 9.98. The zero-order chi connectivity index (χ0) is 20.8. The Balaban J connectivity index is 1.34. The van der Waals surface area contributed by atoms with E-state index in [0.29, 0.717) is 18.8 Å². The molecule has 1 N–H and O–H groups in total. The van der Waals surface area contributed by atoms with Crippen LogP contribution in [0.4, 0.5) is 4.79 Å². The average molecular weight is 424 g/mol. The van der Waals surface area contributed by atoms with E-state index < -0.39 is 12.1 Å². The van der Waals surface area contributed by atoms with E-state index in [9.17, 15) is 14.7 Å². The van der Waals surface area contributed by atoms with Gasteiger partial charge in [-0.15, -0.1) is 0 Å². The predicted octanol–water partition coefficient (Wildman–Crippen LogP) is 4.00. The summed E-state index contributed by atoms with van der Waals surface area (Å²) < 4.78 is 7.30. The standard InChI is InChI=1S/C22H18ClN3O4/c23-21-24-19(20(27)28)18-11-25(9-10-26(18)21)22(29)30-12-17-15-7-3-1-5-13(15)14-6-2-4-8-16(14)17/h1-8,17H,9-12H2,(H,27,28). The van der Waals surface area contributed by atoms with Gasteiger partial charge in [0.25, 0.3) is 0 Å². The van der Waals surface area contributed by atoms with Crippen LogP contribution in [-0.4, -0.2) is 44.8 Å². The number of ether oxygens (including phenoxy) is 1. The zero-order valence-corrected chi connectivity index (χ0v) is 16.7. The third-order valence-electron chi connectivity index (χ3n) is 5.76. The van der Waals surface area contributed by atoms with Crippen LogP contribution in [0.3, 0.4) is 0 Å². The molecular weight excluding hydrogens is 406 g/mol. The molecule has 1 aliphatic carbocycles. The first-order chi connectivity index (χ1) is 14.5. The van der Waals surface area contributed by atoms with Crippen molar-refractivity contribution < 1.29 is 19.4 Å². The van der Waals surface area contributed by atoms with Crippen molar-refractivity contribution in [1.82, 2.24) is 14.5 Å². The summed E-state index contributed by atoms with van der Waals surface area (Å²) in [4.78, 5) is 29.6. The van der Waals surface area contributed by atoms with Crippen molar-refractivity contribution >= 4 is 23.7 Å². The molecule has 30 heavy (non-hydrogen) atoms. The molecular formula is C22H18ClN3O4. The van der Waals surface area contributed by atoms with E-state index in [1.807, 2.05) is 24.3 Å². The number of halogens is 1. The maximum atomic E-state index is 12.8. The highest BCUT2D eigenvalue weighted by atomic mass is 35.5. The molecule has 5 rings (SSSR count). The Bertz CT molecular complexity index is 1130. The number of benzene rings is 2. The molecule has 7 nitrogen and oxygen atoms in total. The summed E-state index contributed by atoms with van der Waals surface area (Å²) in [6.07, 6.45) is -0.475. The van der Waals surface area contributed by atoms with Gasteiger partial charge in [0.2, 0.25) is 5.28 Å². The maximum Gasteiger partial charge on any atom is 0.410 e. The molecule has 0 spiro atoms. The van der Waals surface area contributed by atoms with Crippen molar-refractivity contribution in [3.8, 4) is 11.1 Å². The van der Waals surface area contributed by atoms with Crippen LogP contribution in [0, 0.1) is 0 Å². The summed E-state index contributed by atoms with van der Waals surface area (Å²) in [6.45, 7) is 1.06. The highest BCUT2D eigenvalue weighted by molar-refractivity contribution is 6.28. The van der Waals surface area contributed by atoms with E-state index in [4.69, 9.17) is 16.3 Å². The van der Waals surface area contributed by atoms with Gasteiger partial charge >= 0.3 is 12.1 Å². The Morgan fingerprint density at radius 1 is 1.07 bits per heavy atom. The second-order valence-electron chi connectivity index (χ2n) is 7.36. The second kappa shape index (κ2) is 7.18. The number of aromatic carboxylic acids is 1. The summed E-state index contributed by atoms with van der Waals surface area (Å²) in [7, 11) is 0. The first-order valence-corrected chi connectivity index (χ1v) is 10.0. The van der Waals surface area contributed by atoms with Crippen molar-refractivity contribution in [2.24, 2.45) is 0 Å². The van der Waals surface area contributed by atoms with Crippen LogP contribution in [0.2, 0.25) is 5.28 Å². The molecule has 2 aliphatic rings. The first-order valence-electron chi connectivity index (χ1n) is 9.62. The number of carboxylic acids is 1. The third-order valence-corrected chi connectivity index (χ3v) is 6.05. The first kappa shape index (κ1) is 18.7. The predicted molar refractivity (Wildman–Crippen MR) is 110 cm³/mol. The van der Waals surface area contributed by atoms with Gasteiger partial charge in [-0.25, -0.2) is 14.6 Å². The lowest BCUT2D eigenvalue weighted by molar-refractivity contribution is 0.0680. The number of carboxylic acid groups (broad SMARTS) is 1. The number of rotatable bonds is 3. The molecule has 0 saturated carbocycles. The summed E-state index contributed by atoms with van der Waals surface area (Å²) in [5, 5.41) is 9.46. The molecule has 1 amide bonds. The third kappa shape index (κ3) is 2.93. The Hall–Kier alpha value is -3.32. The van der Waals surface area contributed by atoms with E-state index in [0.717, 1.165) is 22.3 Å². The van der Waals surface area contributed by atoms with Crippen molar-refractivity contribution in [2.45, 2.75) is 19.0 Å². The normalized spacial score (nSPS) is 14.8. The Labute approximate surface area is 177 Å². The van der Waals surface area contributed by atoms with Gasteiger partial charge in [-0.3, -0.25) is 0 Å². The van der Waals surface area contributed by atoms with E-state index in [1.54, 1.807) is 4.57 Å². The Kier molecular flexibility index (Phi) is 4.47. The van der Waals surface area contributed by atoms with Crippen LogP contribution in [0.25, 0.3) is 11.1 Å². The number of nitrogens with zero attached hydrogens (tertiary/aromatic N) is 3. The van der Waals surface area contributed by atoms with E-state index >= 15 is 0 Å². The van der Waals surface area contributed by atoms with Crippen LogP contribution < -0.4 is 0 Å². The molecule has 1 aromatic heterocycles. The molecule has 0 bridgehead atoms. The number of aromatic nitrogens is 2. The smallest absolute Gasteiger partial charge is 0.410 e. The van der Waals surface area contributed by atoms with Crippen molar-refractivity contribution in [3.63, 3.8) is 0 Å². The minimum Gasteiger partial charge on any atom is -0.476 e. The number of imidazole rings is 1. The molecule has 0 radical (unpaired) electrons. The monoisotopic (exact) mass is 423 g/mol. The van der Waals surface area contributed by atoms with Gasteiger partial charge in [0.15, 0.2) is 5.69 Å². The molecule has 0 unspecified atom stereocenters. The van der Waals surface area contributed by atoms with Crippen molar-refractivity contribution in [2.75, 3.05) is 13.2 Å². The highest BCUT2D eigenvalue weighted by Crippen LogP contribution is 2.44. The van der Waals surface area contributed by atoms with Gasteiger partial charge in [0.05, 0.1) is 12.2 Å². The molecule has 152 valence electrons. The largest absolute Gasteiger partial charge is 0.476 e. The number of hydrogen-bond acceptors (Lipinski definition) is 4. The molecule has 0 saturated heterocycles. The molecule has 1 aliphatic heterocycles. The lowest BCUT2D eigenvalue weighted by Gasteiger charge is -2.28. The summed E-state index contributed by atoms with van der Waals surface area (Å²) in [5.74, 6) is -1.19. The van der Waals surface area contributed by atoms with Crippen molar-refractivity contribution in [1.29, 1.82) is 0 Å². The van der Waals surface area contributed by atoms with Crippen molar-refractivity contribution in [3.05, 3.63) is 76.3 Å². The summed E-state index contributed by atoms with van der Waals surface area (Å²) in [6, 6.07) is 16.3. The number of carbonyl (C=O) groups is 2. The van der Waals surface area contributed by atoms with Crippen LogP contribution in [0.5, 0.6) is 0 Å². The zero-order valence-electron chi connectivity index (χ0n) is 15.9. The van der Waals surface area contributed by atoms with Gasteiger partial charge in [-0.1, -0.05) is 48.5 Å². The lowest BCUT2D eigenvalue weighted by Crippen LogP contribution is -2.39. The highest BCUT2D eigenvalue weighted by Gasteiger charge is 2.32. The van der Waals surface area contributed by atoms with Crippen LogP contribution in [0.1, 0.15) is 33.2 Å². The van der Waals surface area contributed by atoms with E-state index in [-0.39, 0.29) is 30.0 Å². The van der Waals surface area contributed by atoms with Gasteiger partial charge < -0.3 is 19.3 Å². The topological polar surface area (TPSA) is 84.7 Å². The maximum absolute atomic E-state index is 12.8. The van der Waals surface area contributed by atoms with Crippen LogP contribution in [-0.2, 0) is 17.8 Å². The number of fused-ring (bicyclic) bond motifs is 4. The fourth-order valence-electron chi connectivity index (χ4n) is 4.34. The number of carbonyl (C=O) groups excluding carboxylic acids is 1. The molecule has 0 atom stereocenters. The number of amides is 1. The molecule has 3 aromatic rings. The molecule has 0 fully saturated rings. The minimum atomic E-state index is -1.17. The van der Waals surface area contributed by atoms with E-state index in [2.05, 4.69) is 29.2 Å². The molecule has 8 heteroatoms. The van der Waals surface area contributed by atoms with Gasteiger partial charge in [0.1, 0.15) is 6.61 Å². The van der Waals surface area contributed by atoms with Gasteiger partial charge in [-0.05, 0) is 33.9 Å². The second-order valence-corrected chi connectivity index (χ2v) is 7.70. The van der Waals surface area contributed by atoms with Gasteiger partial charge in [-0.2, -0.15) is 0 Å². The quantitative estimate of drug-likeness (QED) is 0.688. The minimum absolute atomic E-state index is 0.0271. The summed E-state index contributed by atoms with van der Waals surface area (Å²) in [5.41, 5.74) is 4.89. The fraction of sp³-hybridized carbons (Fsp3) is 0.227. The summed E-state index contributed by atoms with van der Waals surface area (Å²) >= 11 is 6.03.